The van der Waals surface area contributed by atoms with E-state index in [1.165, 1.54) is 44.5 Å². The number of furan rings is 2. The molecule has 1 spiro atoms. The van der Waals surface area contributed by atoms with E-state index in [-0.39, 0.29) is 0 Å². The second-order valence-electron chi connectivity index (χ2n) is 19.4. The smallest absolute Gasteiger partial charge is 0.145 e. The molecule has 2 aliphatic carbocycles. The lowest BCUT2D eigenvalue weighted by Crippen LogP contribution is -2.26. The van der Waals surface area contributed by atoms with Crippen molar-refractivity contribution in [2.75, 3.05) is 9.80 Å². The third-order valence-electron chi connectivity index (χ3n) is 15.8. The van der Waals surface area contributed by atoms with Crippen LogP contribution in [0.3, 0.4) is 0 Å². The van der Waals surface area contributed by atoms with Crippen molar-refractivity contribution in [2.24, 2.45) is 0 Å². The van der Waals surface area contributed by atoms with Gasteiger partial charge >= 0.3 is 0 Å². The highest BCUT2D eigenvalue weighted by Crippen LogP contribution is 2.67. The fourth-order valence-electron chi connectivity index (χ4n) is 12.9. The molecule has 2 aliphatic rings. The van der Waals surface area contributed by atoms with Crippen LogP contribution in [0.1, 0.15) is 22.3 Å². The van der Waals surface area contributed by atoms with E-state index < -0.39 is 5.41 Å². The Balaban J connectivity index is 1.16. The molecule has 73 heavy (non-hydrogen) atoms. The number of benzene rings is 12. The first-order valence-corrected chi connectivity index (χ1v) is 25.1. The minimum absolute atomic E-state index is 0.756. The van der Waals surface area contributed by atoms with Gasteiger partial charge in [0.15, 0.2) is 0 Å². The molecular weight excluding hydrogens is 889 g/mol. The first-order valence-electron chi connectivity index (χ1n) is 25.1. The van der Waals surface area contributed by atoms with E-state index in [4.69, 9.17) is 8.83 Å². The highest BCUT2D eigenvalue weighted by molar-refractivity contribution is 6.27. The number of nitrogens with zero attached hydrogens (tertiary/aromatic N) is 2. The Labute approximate surface area is 420 Å². The van der Waals surface area contributed by atoms with Crippen molar-refractivity contribution in [1.29, 1.82) is 0 Å². The van der Waals surface area contributed by atoms with Crippen molar-refractivity contribution in [2.45, 2.75) is 5.41 Å². The average molecular weight is 931 g/mol. The molecule has 4 heteroatoms. The average Bonchev–Trinajstić information content (AvgIpc) is 4.20. The summed E-state index contributed by atoms with van der Waals surface area (Å²) in [6.45, 7) is 0. The summed E-state index contributed by atoms with van der Waals surface area (Å²) < 4.78 is 14.1. The van der Waals surface area contributed by atoms with E-state index in [1.54, 1.807) is 0 Å². The molecule has 0 N–H and O–H groups in total. The van der Waals surface area contributed by atoms with Gasteiger partial charge in [-0.1, -0.05) is 164 Å². The summed E-state index contributed by atoms with van der Waals surface area (Å²) in [6.07, 6.45) is 0. The zero-order chi connectivity index (χ0) is 47.8. The van der Waals surface area contributed by atoms with Crippen molar-refractivity contribution in [3.63, 3.8) is 0 Å². The van der Waals surface area contributed by atoms with Crippen LogP contribution in [0.15, 0.2) is 264 Å². The summed E-state index contributed by atoms with van der Waals surface area (Å²) in [5.74, 6) is 0. The van der Waals surface area contributed by atoms with E-state index in [0.717, 1.165) is 99.5 Å². The monoisotopic (exact) mass is 930 g/mol. The van der Waals surface area contributed by atoms with E-state index in [2.05, 4.69) is 265 Å². The van der Waals surface area contributed by atoms with Crippen molar-refractivity contribution < 1.29 is 8.83 Å². The van der Waals surface area contributed by atoms with Gasteiger partial charge < -0.3 is 18.6 Å². The van der Waals surface area contributed by atoms with E-state index in [1.807, 2.05) is 0 Å². The molecule has 0 unspecified atom stereocenters. The van der Waals surface area contributed by atoms with Gasteiger partial charge in [0.1, 0.15) is 22.3 Å². The van der Waals surface area contributed by atoms with Crippen molar-refractivity contribution in [3.8, 4) is 22.3 Å². The Morgan fingerprint density at radius 1 is 0.274 bits per heavy atom. The predicted octanol–water partition coefficient (Wildman–Crippen LogP) is 19.1. The van der Waals surface area contributed by atoms with Gasteiger partial charge in [-0.2, -0.15) is 0 Å². The third-order valence-corrected chi connectivity index (χ3v) is 15.8. The van der Waals surface area contributed by atoms with Crippen LogP contribution < -0.4 is 9.80 Å². The first kappa shape index (κ1) is 40.1. The van der Waals surface area contributed by atoms with Crippen LogP contribution in [0.25, 0.3) is 87.7 Å². The molecule has 16 rings (SSSR count). The molecule has 4 nitrogen and oxygen atoms in total. The molecule has 0 amide bonds. The molecule has 0 atom stereocenters. The van der Waals surface area contributed by atoms with Gasteiger partial charge in [-0.3, -0.25) is 0 Å². The first-order chi connectivity index (χ1) is 36.2. The summed E-state index contributed by atoms with van der Waals surface area (Å²) in [7, 11) is 0. The molecular formula is C69H42N2O2. The normalized spacial score (nSPS) is 13.0. The Hall–Kier alpha value is -9.64. The summed E-state index contributed by atoms with van der Waals surface area (Å²) in [6, 6.07) is 92.9. The van der Waals surface area contributed by atoms with Crippen molar-refractivity contribution in [1.82, 2.24) is 0 Å². The van der Waals surface area contributed by atoms with Crippen LogP contribution >= 0.6 is 0 Å². The highest BCUT2D eigenvalue weighted by Gasteiger charge is 2.53. The lowest BCUT2D eigenvalue weighted by Gasteiger charge is -2.34. The summed E-state index contributed by atoms with van der Waals surface area (Å²) >= 11 is 0. The standard InChI is InChI=1S/C69H42N2O2/c1-5-21-43(22-6-1)70(44-23-7-2-8-24-44)60-41-58-66(55-40-64-54(39-53(55)60)50-32-16-19-35-62(50)72-64)65-52-38-37-51-49-31-15-20-36-63(49)73-68(51)67(52)61(71(45-25-9-3-10-26-45)46-27-11-4-12-28-46)42-59(65)69(58)56-33-17-13-29-47(56)48-30-14-18-34-57(48)69/h1-42H. The molecule has 340 valence electrons. The van der Waals surface area contributed by atoms with Crippen LogP contribution in [0.4, 0.5) is 34.1 Å². The van der Waals surface area contributed by atoms with Crippen LogP contribution in [0, 0.1) is 0 Å². The van der Waals surface area contributed by atoms with Gasteiger partial charge in [0, 0.05) is 55.1 Å². The molecule has 0 saturated heterocycles. The minimum Gasteiger partial charge on any atom is -0.456 e. The maximum Gasteiger partial charge on any atom is 0.145 e. The molecule has 2 aromatic heterocycles. The van der Waals surface area contributed by atoms with Gasteiger partial charge in [0.2, 0.25) is 0 Å². The predicted molar refractivity (Wildman–Crippen MR) is 302 cm³/mol. The fraction of sp³-hybridized carbons (Fsp3) is 0.0145. The molecule has 0 saturated carbocycles. The maximum atomic E-state index is 7.18. The third kappa shape index (κ3) is 5.49. The Bertz CT molecular complexity index is 4400. The molecule has 0 aliphatic heterocycles. The van der Waals surface area contributed by atoms with E-state index >= 15 is 0 Å². The topological polar surface area (TPSA) is 32.8 Å². The number of hydrogen-bond acceptors (Lipinski definition) is 4. The number of fused-ring (bicyclic) bond motifs is 21. The summed E-state index contributed by atoms with van der Waals surface area (Å²) in [5, 5.41) is 8.79. The van der Waals surface area contributed by atoms with Crippen LogP contribution in [-0.4, -0.2) is 0 Å². The maximum absolute atomic E-state index is 7.18. The quantitative estimate of drug-likeness (QED) is 0.166. The molecule has 0 fully saturated rings. The van der Waals surface area contributed by atoms with E-state index in [0.29, 0.717) is 0 Å². The number of hydrogen-bond donors (Lipinski definition) is 0. The molecule has 12 aromatic carbocycles. The number of rotatable bonds is 6. The van der Waals surface area contributed by atoms with Gasteiger partial charge in [0.05, 0.1) is 16.8 Å². The lowest BCUT2D eigenvalue weighted by atomic mass is 9.70. The zero-order valence-corrected chi connectivity index (χ0v) is 39.5. The molecule has 0 radical (unpaired) electrons. The second-order valence-corrected chi connectivity index (χ2v) is 19.4. The van der Waals surface area contributed by atoms with Crippen molar-refractivity contribution >= 4 is 99.5 Å². The van der Waals surface area contributed by atoms with Crippen molar-refractivity contribution in [3.05, 3.63) is 277 Å². The van der Waals surface area contributed by atoms with Gasteiger partial charge in [-0.15, -0.1) is 0 Å². The lowest BCUT2D eigenvalue weighted by molar-refractivity contribution is 0.669. The largest absolute Gasteiger partial charge is 0.456 e. The SMILES string of the molecule is c1ccc(N(c2ccccc2)c2cc3c(c4cc5oc6ccccc6c5cc24)-c2c(cc(N(c4ccccc4)c4ccccc4)c4c2ccc2c5ccccc5oc24)C32c3ccccc3-c3ccccc32)cc1. The van der Waals surface area contributed by atoms with Gasteiger partial charge in [0.25, 0.3) is 0 Å². The summed E-state index contributed by atoms with van der Waals surface area (Å²) in [5.41, 5.74) is 18.9. The summed E-state index contributed by atoms with van der Waals surface area (Å²) in [4.78, 5) is 4.89. The fourth-order valence-corrected chi connectivity index (χ4v) is 12.9. The Morgan fingerprint density at radius 2 is 0.712 bits per heavy atom. The second kappa shape index (κ2) is 15.2. The number of para-hydroxylation sites is 6. The number of anilines is 6. The van der Waals surface area contributed by atoms with Crippen LogP contribution in [-0.2, 0) is 5.41 Å². The Kier molecular flexibility index (Phi) is 8.35. The van der Waals surface area contributed by atoms with E-state index in [9.17, 15) is 0 Å². The molecule has 2 heterocycles. The highest BCUT2D eigenvalue weighted by atomic mass is 16.3. The zero-order valence-electron chi connectivity index (χ0n) is 39.5. The Morgan fingerprint density at radius 3 is 1.29 bits per heavy atom. The minimum atomic E-state index is -0.756. The van der Waals surface area contributed by atoms with Gasteiger partial charge in [-0.25, -0.2) is 0 Å². The molecule has 0 bridgehead atoms. The van der Waals surface area contributed by atoms with Crippen LogP contribution in [0.2, 0.25) is 0 Å². The molecule has 14 aromatic rings. The van der Waals surface area contributed by atoms with Crippen LogP contribution in [0.5, 0.6) is 0 Å². The van der Waals surface area contributed by atoms with Gasteiger partial charge in [-0.05, 0) is 146 Å².